The van der Waals surface area contributed by atoms with E-state index in [2.05, 4.69) is 45.1 Å². The van der Waals surface area contributed by atoms with Gasteiger partial charge in [0, 0.05) is 6.04 Å². The average Bonchev–Trinajstić information content (AvgIpc) is 2.36. The van der Waals surface area contributed by atoms with Gasteiger partial charge >= 0.3 is 0 Å². The van der Waals surface area contributed by atoms with Crippen molar-refractivity contribution in [2.24, 2.45) is 0 Å². The zero-order valence-corrected chi connectivity index (χ0v) is 12.5. The van der Waals surface area contributed by atoms with Gasteiger partial charge in [-0.3, -0.25) is 0 Å². The maximum absolute atomic E-state index is 5.35. The Balaban J connectivity index is 2.59. The lowest BCUT2D eigenvalue weighted by Crippen LogP contribution is -2.27. The molecule has 102 valence electrons. The lowest BCUT2D eigenvalue weighted by Gasteiger charge is -2.15. The van der Waals surface area contributed by atoms with Crippen molar-refractivity contribution in [2.45, 2.75) is 53.0 Å². The minimum absolute atomic E-state index is 0.590. The summed E-state index contributed by atoms with van der Waals surface area (Å²) in [5.74, 6) is 0.994. The first-order chi connectivity index (χ1) is 8.58. The summed E-state index contributed by atoms with van der Waals surface area (Å²) in [7, 11) is 1.73. The van der Waals surface area contributed by atoms with Crippen LogP contribution in [0.5, 0.6) is 5.75 Å². The summed E-state index contributed by atoms with van der Waals surface area (Å²) in [5.41, 5.74) is 4.01. The Bertz CT molecular complexity index is 374. The predicted octanol–water partition coefficient (Wildman–Crippen LogP) is 3.63. The first-order valence-electron chi connectivity index (χ1n) is 6.96. The summed E-state index contributed by atoms with van der Waals surface area (Å²) in [6.45, 7) is 9.86. The zero-order valence-electron chi connectivity index (χ0n) is 12.5. The van der Waals surface area contributed by atoms with E-state index in [1.807, 2.05) is 0 Å². The Hall–Kier alpha value is -1.02. The third kappa shape index (κ3) is 4.34. The molecule has 1 atom stereocenters. The van der Waals surface area contributed by atoms with Gasteiger partial charge in [-0.15, -0.1) is 0 Å². The fraction of sp³-hybridized carbons (Fsp3) is 0.625. The third-order valence-corrected chi connectivity index (χ3v) is 3.44. The van der Waals surface area contributed by atoms with Crippen molar-refractivity contribution in [1.82, 2.24) is 5.32 Å². The van der Waals surface area contributed by atoms with E-state index >= 15 is 0 Å². The quantitative estimate of drug-likeness (QED) is 0.796. The topological polar surface area (TPSA) is 21.3 Å². The molecule has 0 spiro atoms. The van der Waals surface area contributed by atoms with Crippen LogP contribution in [-0.4, -0.2) is 19.7 Å². The van der Waals surface area contributed by atoms with E-state index in [1.165, 1.54) is 29.5 Å². The Kier molecular flexibility index (Phi) is 6.20. The summed E-state index contributed by atoms with van der Waals surface area (Å²) in [4.78, 5) is 0. The first kappa shape index (κ1) is 15.0. The van der Waals surface area contributed by atoms with Crippen molar-refractivity contribution in [3.05, 3.63) is 28.8 Å². The lowest BCUT2D eigenvalue weighted by atomic mass is 9.98. The molecule has 1 N–H and O–H groups in total. The van der Waals surface area contributed by atoms with E-state index in [9.17, 15) is 0 Å². The Labute approximate surface area is 112 Å². The van der Waals surface area contributed by atoms with E-state index in [0.717, 1.165) is 18.7 Å². The van der Waals surface area contributed by atoms with Crippen LogP contribution < -0.4 is 10.1 Å². The van der Waals surface area contributed by atoms with Gasteiger partial charge in [-0.25, -0.2) is 0 Å². The number of ether oxygens (including phenoxy) is 1. The molecule has 0 saturated carbocycles. The van der Waals surface area contributed by atoms with Crippen LogP contribution in [0, 0.1) is 13.8 Å². The molecular formula is C16H27NO. The fourth-order valence-corrected chi connectivity index (χ4v) is 2.20. The maximum Gasteiger partial charge on any atom is 0.122 e. The summed E-state index contributed by atoms with van der Waals surface area (Å²) in [6, 6.07) is 5.00. The molecule has 0 aliphatic carbocycles. The predicted molar refractivity (Wildman–Crippen MR) is 78.5 cm³/mol. The second kappa shape index (κ2) is 7.42. The van der Waals surface area contributed by atoms with Gasteiger partial charge in [0.1, 0.15) is 5.75 Å². The molecule has 1 rings (SSSR count). The number of rotatable bonds is 7. The van der Waals surface area contributed by atoms with Crippen LogP contribution in [0.15, 0.2) is 12.1 Å². The van der Waals surface area contributed by atoms with Crippen molar-refractivity contribution in [3.63, 3.8) is 0 Å². The second-order valence-corrected chi connectivity index (χ2v) is 5.14. The Morgan fingerprint density at radius 3 is 2.56 bits per heavy atom. The van der Waals surface area contributed by atoms with Crippen LogP contribution in [0.2, 0.25) is 0 Å². The van der Waals surface area contributed by atoms with E-state index in [0.29, 0.717) is 6.04 Å². The van der Waals surface area contributed by atoms with Gasteiger partial charge in [0.2, 0.25) is 0 Å². The molecule has 0 aliphatic heterocycles. The molecule has 1 unspecified atom stereocenters. The molecule has 0 amide bonds. The molecule has 0 saturated heterocycles. The molecule has 0 fully saturated rings. The summed E-state index contributed by atoms with van der Waals surface area (Å²) >= 11 is 0. The van der Waals surface area contributed by atoms with Crippen molar-refractivity contribution in [2.75, 3.05) is 13.7 Å². The van der Waals surface area contributed by atoms with Crippen LogP contribution in [0.25, 0.3) is 0 Å². The van der Waals surface area contributed by atoms with Crippen LogP contribution in [0.4, 0.5) is 0 Å². The number of hydrogen-bond donors (Lipinski definition) is 1. The van der Waals surface area contributed by atoms with Gasteiger partial charge in [-0.2, -0.15) is 0 Å². The largest absolute Gasteiger partial charge is 0.496 e. The third-order valence-electron chi connectivity index (χ3n) is 3.44. The van der Waals surface area contributed by atoms with Crippen molar-refractivity contribution < 1.29 is 4.74 Å². The summed E-state index contributed by atoms with van der Waals surface area (Å²) in [6.07, 6.45) is 3.52. The minimum atomic E-state index is 0.590. The molecule has 0 aromatic heterocycles. The van der Waals surface area contributed by atoms with Crippen LogP contribution in [0.3, 0.4) is 0 Å². The van der Waals surface area contributed by atoms with Gasteiger partial charge in [0.15, 0.2) is 0 Å². The number of methoxy groups -OCH3 is 1. The molecule has 18 heavy (non-hydrogen) atoms. The molecular weight excluding hydrogens is 222 g/mol. The van der Waals surface area contributed by atoms with Gasteiger partial charge in [0.05, 0.1) is 7.11 Å². The number of aryl methyl sites for hydroxylation is 3. The Morgan fingerprint density at radius 1 is 1.22 bits per heavy atom. The van der Waals surface area contributed by atoms with E-state index in [1.54, 1.807) is 7.11 Å². The highest BCUT2D eigenvalue weighted by atomic mass is 16.5. The highest BCUT2D eigenvalue weighted by Gasteiger charge is 2.07. The highest BCUT2D eigenvalue weighted by Crippen LogP contribution is 2.23. The minimum Gasteiger partial charge on any atom is -0.496 e. The molecule has 0 aliphatic rings. The number of hydrogen-bond acceptors (Lipinski definition) is 2. The van der Waals surface area contributed by atoms with Gasteiger partial charge in [-0.05, 0) is 69.3 Å². The average molecular weight is 249 g/mol. The van der Waals surface area contributed by atoms with Crippen LogP contribution in [-0.2, 0) is 6.42 Å². The van der Waals surface area contributed by atoms with Gasteiger partial charge in [0.25, 0.3) is 0 Å². The van der Waals surface area contributed by atoms with Gasteiger partial charge < -0.3 is 10.1 Å². The highest BCUT2D eigenvalue weighted by molar-refractivity contribution is 5.41. The van der Waals surface area contributed by atoms with E-state index in [4.69, 9.17) is 4.74 Å². The number of benzene rings is 1. The summed E-state index contributed by atoms with van der Waals surface area (Å²) in [5, 5.41) is 3.53. The standard InChI is InChI=1S/C16H27NO/c1-6-9-17-14(4)7-8-15-10-13(3)16(18-5)11-12(15)2/h10-11,14,17H,6-9H2,1-5H3. The SMILES string of the molecule is CCCNC(C)CCc1cc(C)c(OC)cc1C. The maximum atomic E-state index is 5.35. The van der Waals surface area contributed by atoms with Crippen molar-refractivity contribution in [1.29, 1.82) is 0 Å². The number of nitrogens with one attached hydrogen (secondary N) is 1. The molecule has 2 heteroatoms. The van der Waals surface area contributed by atoms with Crippen molar-refractivity contribution >= 4 is 0 Å². The van der Waals surface area contributed by atoms with E-state index < -0.39 is 0 Å². The molecule has 0 bridgehead atoms. The Morgan fingerprint density at radius 2 is 1.94 bits per heavy atom. The van der Waals surface area contributed by atoms with Crippen molar-refractivity contribution in [3.8, 4) is 5.75 Å². The smallest absolute Gasteiger partial charge is 0.122 e. The second-order valence-electron chi connectivity index (χ2n) is 5.14. The summed E-state index contributed by atoms with van der Waals surface area (Å²) < 4.78 is 5.35. The lowest BCUT2D eigenvalue weighted by molar-refractivity contribution is 0.411. The van der Waals surface area contributed by atoms with Crippen LogP contribution in [0.1, 0.15) is 43.4 Å². The first-order valence-corrected chi connectivity index (χ1v) is 6.96. The van der Waals surface area contributed by atoms with Crippen LogP contribution >= 0.6 is 0 Å². The molecule has 1 aromatic carbocycles. The fourth-order valence-electron chi connectivity index (χ4n) is 2.20. The van der Waals surface area contributed by atoms with Gasteiger partial charge in [-0.1, -0.05) is 13.0 Å². The molecule has 0 radical (unpaired) electrons. The zero-order chi connectivity index (χ0) is 13.5. The molecule has 1 aromatic rings. The molecule has 2 nitrogen and oxygen atoms in total. The van der Waals surface area contributed by atoms with E-state index in [-0.39, 0.29) is 0 Å². The monoisotopic (exact) mass is 249 g/mol. The normalized spacial score (nSPS) is 12.5. The molecule has 0 heterocycles.